The zero-order valence-corrected chi connectivity index (χ0v) is 10.8. The minimum Gasteiger partial charge on any atom is -0.316 e. The molecule has 0 spiro atoms. The molecule has 0 saturated carbocycles. The number of thioether (sulfide) groups is 1. The SMILES string of the molecule is FC(F)(F)c1cccc(CSCC2CCNC2)c1. The van der Waals surface area contributed by atoms with E-state index in [2.05, 4.69) is 5.32 Å². The zero-order valence-electron chi connectivity index (χ0n) is 9.96. The predicted octanol–water partition coefficient (Wildman–Crippen LogP) is 3.55. The van der Waals surface area contributed by atoms with Crippen molar-refractivity contribution >= 4 is 11.8 Å². The van der Waals surface area contributed by atoms with Crippen molar-refractivity contribution in [3.63, 3.8) is 0 Å². The third-order valence-electron chi connectivity index (χ3n) is 3.04. The van der Waals surface area contributed by atoms with E-state index in [0.29, 0.717) is 11.7 Å². The van der Waals surface area contributed by atoms with Crippen LogP contribution < -0.4 is 5.32 Å². The second kappa shape index (κ2) is 5.97. The number of halogens is 3. The summed E-state index contributed by atoms with van der Waals surface area (Å²) in [5, 5.41) is 3.29. The maximum absolute atomic E-state index is 12.5. The molecule has 100 valence electrons. The lowest BCUT2D eigenvalue weighted by atomic mass is 10.1. The van der Waals surface area contributed by atoms with Gasteiger partial charge in [-0.25, -0.2) is 0 Å². The molecule has 1 fully saturated rings. The van der Waals surface area contributed by atoms with Crippen LogP contribution in [0.15, 0.2) is 24.3 Å². The number of rotatable bonds is 4. The molecule has 1 heterocycles. The first-order chi connectivity index (χ1) is 8.55. The first-order valence-corrected chi connectivity index (χ1v) is 7.16. The second-order valence-electron chi connectivity index (χ2n) is 4.57. The molecular formula is C13H16F3NS. The number of nitrogens with one attached hydrogen (secondary N) is 1. The Morgan fingerprint density at radius 2 is 2.17 bits per heavy atom. The maximum atomic E-state index is 12.5. The van der Waals surface area contributed by atoms with Gasteiger partial charge in [-0.2, -0.15) is 24.9 Å². The van der Waals surface area contributed by atoms with Gasteiger partial charge in [-0.1, -0.05) is 18.2 Å². The van der Waals surface area contributed by atoms with Crippen LogP contribution in [0.4, 0.5) is 13.2 Å². The molecule has 1 aliphatic heterocycles. The largest absolute Gasteiger partial charge is 0.416 e. The Kier molecular flexibility index (Phi) is 4.56. The van der Waals surface area contributed by atoms with Crippen LogP contribution in [0.2, 0.25) is 0 Å². The normalized spacial score (nSPS) is 20.3. The first-order valence-electron chi connectivity index (χ1n) is 6.00. The Morgan fingerprint density at radius 3 is 2.83 bits per heavy atom. The average molecular weight is 275 g/mol. The molecule has 1 aliphatic rings. The van der Waals surface area contributed by atoms with Gasteiger partial charge < -0.3 is 5.32 Å². The molecule has 1 atom stereocenters. The van der Waals surface area contributed by atoms with Gasteiger partial charge in [-0.05, 0) is 42.8 Å². The summed E-state index contributed by atoms with van der Waals surface area (Å²) in [6, 6.07) is 5.61. The van der Waals surface area contributed by atoms with Crippen molar-refractivity contribution in [2.75, 3.05) is 18.8 Å². The standard InChI is InChI=1S/C13H16F3NS/c14-13(15,16)12-3-1-2-10(6-12)8-18-9-11-4-5-17-7-11/h1-3,6,11,17H,4-5,7-9H2. The van der Waals surface area contributed by atoms with Gasteiger partial charge in [0.05, 0.1) is 5.56 Å². The quantitative estimate of drug-likeness (QED) is 0.902. The summed E-state index contributed by atoms with van der Waals surface area (Å²) in [5.74, 6) is 2.34. The summed E-state index contributed by atoms with van der Waals surface area (Å²) in [6.45, 7) is 2.10. The highest BCUT2D eigenvalue weighted by atomic mass is 32.2. The van der Waals surface area contributed by atoms with Crippen LogP contribution in [0.3, 0.4) is 0 Å². The third-order valence-corrected chi connectivity index (χ3v) is 4.28. The van der Waals surface area contributed by atoms with Crippen LogP contribution >= 0.6 is 11.8 Å². The van der Waals surface area contributed by atoms with Crippen LogP contribution in [0.5, 0.6) is 0 Å². The lowest BCUT2D eigenvalue weighted by Gasteiger charge is -2.10. The maximum Gasteiger partial charge on any atom is 0.416 e. The molecule has 0 radical (unpaired) electrons. The molecule has 0 amide bonds. The molecule has 1 saturated heterocycles. The van der Waals surface area contributed by atoms with E-state index in [-0.39, 0.29) is 0 Å². The number of hydrogen-bond acceptors (Lipinski definition) is 2. The van der Waals surface area contributed by atoms with Gasteiger partial charge in [-0.15, -0.1) is 0 Å². The van der Waals surface area contributed by atoms with Crippen molar-refractivity contribution in [3.05, 3.63) is 35.4 Å². The Hall–Kier alpha value is -0.680. The van der Waals surface area contributed by atoms with E-state index in [9.17, 15) is 13.2 Å². The van der Waals surface area contributed by atoms with Gasteiger partial charge in [0.15, 0.2) is 0 Å². The minimum atomic E-state index is -4.24. The molecule has 1 nitrogen and oxygen atoms in total. The van der Waals surface area contributed by atoms with Crippen molar-refractivity contribution in [2.24, 2.45) is 5.92 Å². The molecule has 1 unspecified atom stereocenters. The topological polar surface area (TPSA) is 12.0 Å². The van der Waals surface area contributed by atoms with Crippen LogP contribution in [0, 0.1) is 5.92 Å². The van der Waals surface area contributed by atoms with Gasteiger partial charge in [-0.3, -0.25) is 0 Å². The summed E-state index contributed by atoms with van der Waals surface area (Å²) in [5.41, 5.74) is 0.198. The fourth-order valence-corrected chi connectivity index (χ4v) is 3.19. The molecule has 1 aromatic rings. The fraction of sp³-hybridized carbons (Fsp3) is 0.538. The molecule has 0 aromatic heterocycles. The monoisotopic (exact) mass is 275 g/mol. The van der Waals surface area contributed by atoms with Crippen molar-refractivity contribution in [3.8, 4) is 0 Å². The van der Waals surface area contributed by atoms with Gasteiger partial charge >= 0.3 is 6.18 Å². The van der Waals surface area contributed by atoms with Crippen molar-refractivity contribution in [2.45, 2.75) is 18.3 Å². The summed E-state index contributed by atoms with van der Waals surface area (Å²) in [7, 11) is 0. The zero-order chi connectivity index (χ0) is 13.0. The smallest absolute Gasteiger partial charge is 0.316 e. The number of alkyl halides is 3. The van der Waals surface area contributed by atoms with Crippen LogP contribution in [-0.4, -0.2) is 18.8 Å². The highest BCUT2D eigenvalue weighted by Crippen LogP contribution is 2.30. The molecule has 2 rings (SSSR count). The number of benzene rings is 1. The molecule has 18 heavy (non-hydrogen) atoms. The van der Waals surface area contributed by atoms with E-state index in [4.69, 9.17) is 0 Å². The van der Waals surface area contributed by atoms with E-state index < -0.39 is 11.7 Å². The van der Waals surface area contributed by atoms with Crippen molar-refractivity contribution < 1.29 is 13.2 Å². The summed E-state index contributed by atoms with van der Waals surface area (Å²) in [6.07, 6.45) is -3.06. The Morgan fingerprint density at radius 1 is 1.33 bits per heavy atom. The molecule has 1 N–H and O–H groups in total. The highest BCUT2D eigenvalue weighted by molar-refractivity contribution is 7.98. The van der Waals surface area contributed by atoms with E-state index in [1.54, 1.807) is 17.8 Å². The fourth-order valence-electron chi connectivity index (χ4n) is 2.04. The highest BCUT2D eigenvalue weighted by Gasteiger charge is 2.30. The summed E-state index contributed by atoms with van der Waals surface area (Å²) in [4.78, 5) is 0. The lowest BCUT2D eigenvalue weighted by Crippen LogP contribution is -2.10. The Labute approximate surface area is 109 Å². The molecule has 0 bridgehead atoms. The van der Waals surface area contributed by atoms with Gasteiger partial charge in [0.2, 0.25) is 0 Å². The van der Waals surface area contributed by atoms with E-state index in [0.717, 1.165) is 30.5 Å². The van der Waals surface area contributed by atoms with E-state index in [1.165, 1.54) is 18.6 Å². The minimum absolute atomic E-state index is 0.553. The van der Waals surface area contributed by atoms with Gasteiger partial charge in [0.25, 0.3) is 0 Å². The van der Waals surface area contributed by atoms with Crippen LogP contribution in [0.25, 0.3) is 0 Å². The lowest BCUT2D eigenvalue weighted by molar-refractivity contribution is -0.137. The average Bonchev–Trinajstić information content (AvgIpc) is 2.81. The third kappa shape index (κ3) is 3.92. The predicted molar refractivity (Wildman–Crippen MR) is 68.6 cm³/mol. The Bertz CT molecular complexity index is 386. The molecule has 1 aromatic carbocycles. The summed E-state index contributed by atoms with van der Waals surface area (Å²) < 4.78 is 37.6. The molecular weight excluding hydrogens is 259 g/mol. The van der Waals surface area contributed by atoms with Gasteiger partial charge in [0, 0.05) is 5.75 Å². The van der Waals surface area contributed by atoms with Crippen molar-refractivity contribution in [1.82, 2.24) is 5.32 Å². The van der Waals surface area contributed by atoms with Crippen LogP contribution in [0.1, 0.15) is 17.5 Å². The van der Waals surface area contributed by atoms with Crippen LogP contribution in [-0.2, 0) is 11.9 Å². The van der Waals surface area contributed by atoms with Gasteiger partial charge in [0.1, 0.15) is 0 Å². The molecule has 0 aliphatic carbocycles. The summed E-state index contributed by atoms with van der Waals surface area (Å²) >= 11 is 1.72. The Balaban J connectivity index is 1.85. The van der Waals surface area contributed by atoms with Crippen molar-refractivity contribution in [1.29, 1.82) is 0 Å². The second-order valence-corrected chi connectivity index (χ2v) is 5.60. The first kappa shape index (κ1) is 13.7. The van der Waals surface area contributed by atoms with E-state index >= 15 is 0 Å². The number of hydrogen-bond donors (Lipinski definition) is 1. The van der Waals surface area contributed by atoms with E-state index in [1.807, 2.05) is 0 Å². The molecule has 5 heteroatoms.